The van der Waals surface area contributed by atoms with E-state index in [1.807, 2.05) is 23.3 Å². The molecule has 2 aliphatic rings. The smallest absolute Gasteiger partial charge is 0.191 e. The molecule has 1 unspecified atom stereocenters. The van der Waals surface area contributed by atoms with Gasteiger partial charge in [-0.3, -0.25) is 9.63 Å². The maximum Gasteiger partial charge on any atom is 0.191 e. The Labute approximate surface area is 120 Å². The lowest BCUT2D eigenvalue weighted by Gasteiger charge is -2.27. The van der Waals surface area contributed by atoms with Gasteiger partial charge in [-0.05, 0) is 19.3 Å². The lowest BCUT2D eigenvalue weighted by Crippen LogP contribution is -2.44. The lowest BCUT2D eigenvalue weighted by molar-refractivity contribution is -0.132. The summed E-state index contributed by atoms with van der Waals surface area (Å²) in [5.74, 6) is 0.358. The van der Waals surface area contributed by atoms with E-state index in [0.29, 0.717) is 12.2 Å². The molecule has 0 N–H and O–H groups in total. The van der Waals surface area contributed by atoms with Crippen molar-refractivity contribution >= 4 is 5.78 Å². The molecule has 0 amide bonds. The first kappa shape index (κ1) is 13.8. The predicted octanol–water partition coefficient (Wildman–Crippen LogP) is 3.79. The summed E-state index contributed by atoms with van der Waals surface area (Å²) in [6.45, 7) is 4.22. The van der Waals surface area contributed by atoms with Crippen LogP contribution >= 0.6 is 0 Å². The molecule has 3 rings (SSSR count). The van der Waals surface area contributed by atoms with Crippen molar-refractivity contribution in [3.8, 4) is 0 Å². The van der Waals surface area contributed by atoms with E-state index in [-0.39, 0.29) is 11.3 Å². The fourth-order valence-corrected chi connectivity index (χ4v) is 3.69. The minimum atomic E-state index is -0.374. The van der Waals surface area contributed by atoms with Gasteiger partial charge >= 0.3 is 0 Å². The van der Waals surface area contributed by atoms with Crippen molar-refractivity contribution in [3.05, 3.63) is 35.9 Å². The molecule has 0 spiro atoms. The molecule has 0 aromatic heterocycles. The average Bonchev–Trinajstić information content (AvgIpc) is 3.14. The minimum absolute atomic E-state index is 0.320. The Balaban J connectivity index is 1.89. The zero-order valence-electron chi connectivity index (χ0n) is 12.4. The highest BCUT2D eigenvalue weighted by molar-refractivity contribution is 5.89. The van der Waals surface area contributed by atoms with Crippen LogP contribution in [0.25, 0.3) is 0 Å². The molecule has 108 valence electrons. The van der Waals surface area contributed by atoms with Gasteiger partial charge in [0.2, 0.25) is 0 Å². The zero-order valence-corrected chi connectivity index (χ0v) is 12.4. The Kier molecular flexibility index (Phi) is 3.43. The van der Waals surface area contributed by atoms with Gasteiger partial charge in [0.25, 0.3) is 0 Å². The number of carbonyl (C=O) groups is 1. The molecule has 1 aromatic rings. The van der Waals surface area contributed by atoms with E-state index in [1.54, 1.807) is 0 Å². The highest BCUT2D eigenvalue weighted by Gasteiger charge is 2.71. The Bertz CT molecular complexity index is 501. The van der Waals surface area contributed by atoms with Crippen LogP contribution < -0.4 is 0 Å². The van der Waals surface area contributed by atoms with Crippen molar-refractivity contribution < 1.29 is 9.63 Å². The van der Waals surface area contributed by atoms with Gasteiger partial charge < -0.3 is 0 Å². The van der Waals surface area contributed by atoms with E-state index >= 15 is 0 Å². The molecule has 1 aromatic carbocycles. The van der Waals surface area contributed by atoms with E-state index in [1.165, 1.54) is 5.56 Å². The number of nitrogens with zero attached hydrogens (tertiary/aromatic N) is 1. The Hall–Kier alpha value is -1.19. The first-order chi connectivity index (χ1) is 9.69. The molecule has 2 fully saturated rings. The Morgan fingerprint density at radius 1 is 1.20 bits per heavy atom. The second kappa shape index (κ2) is 4.97. The second-order valence-electron chi connectivity index (χ2n) is 5.99. The number of hydrogen-bond acceptors (Lipinski definition) is 3. The molecule has 2 saturated heterocycles. The number of ketones is 1. The maximum absolute atomic E-state index is 12.6. The number of hydroxylamine groups is 2. The second-order valence-corrected chi connectivity index (χ2v) is 5.99. The van der Waals surface area contributed by atoms with Crippen LogP contribution in [0.2, 0.25) is 0 Å². The quantitative estimate of drug-likeness (QED) is 0.739. The lowest BCUT2D eigenvalue weighted by atomic mass is 9.85. The van der Waals surface area contributed by atoms with E-state index in [9.17, 15) is 4.79 Å². The van der Waals surface area contributed by atoms with Crippen LogP contribution in [0.1, 0.15) is 57.9 Å². The molecule has 3 nitrogen and oxygen atoms in total. The van der Waals surface area contributed by atoms with Crippen molar-refractivity contribution in [3.63, 3.8) is 0 Å². The summed E-state index contributed by atoms with van der Waals surface area (Å²) in [4.78, 5) is 18.6. The van der Waals surface area contributed by atoms with Gasteiger partial charge in [0.1, 0.15) is 5.54 Å². The van der Waals surface area contributed by atoms with Crippen molar-refractivity contribution in [1.29, 1.82) is 0 Å². The van der Waals surface area contributed by atoms with Crippen molar-refractivity contribution in [2.24, 2.45) is 0 Å². The zero-order chi connectivity index (χ0) is 14.2. The number of hydrogen-bond donors (Lipinski definition) is 0. The number of benzene rings is 1. The molecule has 20 heavy (non-hydrogen) atoms. The third-order valence-corrected chi connectivity index (χ3v) is 4.69. The molecule has 0 radical (unpaired) electrons. The summed E-state index contributed by atoms with van der Waals surface area (Å²) in [5, 5.41) is 2.01. The summed E-state index contributed by atoms with van der Waals surface area (Å²) in [6.07, 6.45) is 5.34. The summed E-state index contributed by atoms with van der Waals surface area (Å²) in [6, 6.07) is 10.3. The largest absolute Gasteiger partial charge is 0.298 e. The van der Waals surface area contributed by atoms with E-state index in [0.717, 1.165) is 32.1 Å². The predicted molar refractivity (Wildman–Crippen MR) is 77.8 cm³/mol. The van der Waals surface area contributed by atoms with Crippen molar-refractivity contribution in [1.82, 2.24) is 5.06 Å². The van der Waals surface area contributed by atoms with E-state index in [2.05, 4.69) is 26.0 Å². The van der Waals surface area contributed by atoms with Crippen LogP contribution in [0.3, 0.4) is 0 Å². The van der Waals surface area contributed by atoms with Gasteiger partial charge in [-0.2, -0.15) is 0 Å². The van der Waals surface area contributed by atoms with E-state index < -0.39 is 0 Å². The van der Waals surface area contributed by atoms with Crippen LogP contribution in [0.4, 0.5) is 0 Å². The normalized spacial score (nSPS) is 34.8. The van der Waals surface area contributed by atoms with E-state index in [4.69, 9.17) is 4.84 Å². The average molecular weight is 273 g/mol. The van der Waals surface area contributed by atoms with Gasteiger partial charge in [0.05, 0.1) is 0 Å². The SMILES string of the molecule is CCCC(=O)[C@@]1(CCC)CC[C@@]2(c3ccccc3)ON12. The van der Waals surface area contributed by atoms with Gasteiger partial charge in [-0.1, -0.05) is 50.6 Å². The number of fused-ring (bicyclic) bond motifs is 1. The fraction of sp³-hybridized carbons (Fsp3) is 0.588. The fourth-order valence-electron chi connectivity index (χ4n) is 3.69. The highest BCUT2D eigenvalue weighted by atomic mass is 16.9. The molecule has 3 heteroatoms. The first-order valence-electron chi connectivity index (χ1n) is 7.78. The Morgan fingerprint density at radius 3 is 2.55 bits per heavy atom. The van der Waals surface area contributed by atoms with Crippen LogP contribution in [0, 0.1) is 0 Å². The molecule has 3 atom stereocenters. The summed E-state index contributed by atoms with van der Waals surface area (Å²) < 4.78 is 0. The molecular weight excluding hydrogens is 250 g/mol. The van der Waals surface area contributed by atoms with Gasteiger partial charge in [0.15, 0.2) is 11.5 Å². The molecule has 0 saturated carbocycles. The number of carbonyl (C=O) groups excluding carboxylic acids is 1. The summed E-state index contributed by atoms with van der Waals surface area (Å²) in [7, 11) is 0. The van der Waals surface area contributed by atoms with Crippen LogP contribution in [-0.2, 0) is 15.4 Å². The summed E-state index contributed by atoms with van der Waals surface area (Å²) in [5.41, 5.74) is 0.489. The monoisotopic (exact) mass is 273 g/mol. The van der Waals surface area contributed by atoms with Crippen LogP contribution in [0.5, 0.6) is 0 Å². The van der Waals surface area contributed by atoms with Gasteiger partial charge in [-0.25, -0.2) is 0 Å². The highest BCUT2D eigenvalue weighted by Crippen LogP contribution is 2.61. The third-order valence-electron chi connectivity index (χ3n) is 4.69. The molecule has 2 aliphatic heterocycles. The molecule has 0 aliphatic carbocycles. The minimum Gasteiger partial charge on any atom is -0.298 e. The van der Waals surface area contributed by atoms with Crippen LogP contribution in [0.15, 0.2) is 30.3 Å². The number of Topliss-reactive ketones (excluding diaryl/α,β-unsaturated/α-hetero) is 1. The third kappa shape index (κ3) is 1.84. The van der Waals surface area contributed by atoms with Gasteiger partial charge in [-0.15, -0.1) is 5.06 Å². The van der Waals surface area contributed by atoms with Crippen LogP contribution in [-0.4, -0.2) is 16.4 Å². The van der Waals surface area contributed by atoms with Crippen molar-refractivity contribution in [2.45, 2.75) is 63.6 Å². The molecule has 2 heterocycles. The van der Waals surface area contributed by atoms with Gasteiger partial charge in [0, 0.05) is 18.4 Å². The molecular formula is C17H23NO2. The maximum atomic E-state index is 12.6. The summed E-state index contributed by atoms with van der Waals surface area (Å²) >= 11 is 0. The molecule has 0 bridgehead atoms. The standard InChI is InChI=1S/C17H23NO2/c1-3-8-15(19)16(11-4-2)12-13-17(18(16)20-17)14-9-6-5-7-10-14/h5-7,9-10H,3-4,8,11-13H2,1-2H3/t16-,17+,18?/m1/s1. The first-order valence-corrected chi connectivity index (χ1v) is 7.78. The number of rotatable bonds is 6. The van der Waals surface area contributed by atoms with Crippen molar-refractivity contribution in [2.75, 3.05) is 0 Å². The Morgan fingerprint density at radius 2 is 1.95 bits per heavy atom. The topological polar surface area (TPSA) is 32.6 Å².